The van der Waals surface area contributed by atoms with E-state index in [0.29, 0.717) is 17.0 Å². The molecule has 2 rings (SSSR count). The molecule has 13 heavy (non-hydrogen) atoms. The highest BCUT2D eigenvalue weighted by atomic mass is 16.5. The highest BCUT2D eigenvalue weighted by Gasteiger charge is 2.07. The number of imidazole rings is 1. The molecule has 0 radical (unpaired) electrons. The van der Waals surface area contributed by atoms with Crippen LogP contribution < -0.4 is 16.7 Å². The Balaban J connectivity index is 2.70. The van der Waals surface area contributed by atoms with Crippen molar-refractivity contribution in [2.24, 2.45) is 5.84 Å². The van der Waals surface area contributed by atoms with Gasteiger partial charge in [-0.3, -0.25) is 5.21 Å². The predicted molar refractivity (Wildman–Crippen MR) is 44.9 cm³/mol. The summed E-state index contributed by atoms with van der Waals surface area (Å²) < 4.78 is 0. The van der Waals surface area contributed by atoms with E-state index in [9.17, 15) is 0 Å². The third kappa shape index (κ3) is 1.13. The quantitative estimate of drug-likeness (QED) is 0.310. The van der Waals surface area contributed by atoms with Gasteiger partial charge in [-0.15, -0.1) is 0 Å². The maximum absolute atomic E-state index is 8.58. The molecule has 2 aromatic heterocycles. The Kier molecular flexibility index (Phi) is 1.69. The fraction of sp³-hybridized carbons (Fsp3) is 0. The van der Waals surface area contributed by atoms with Crippen molar-refractivity contribution in [3.63, 3.8) is 0 Å². The lowest BCUT2D eigenvalue weighted by Gasteiger charge is -2.01. The number of nitrogens with one attached hydrogen (secondary N) is 3. The number of hydrazine groups is 1. The molecule has 0 unspecified atom stereocenters. The largest absolute Gasteiger partial charge is 0.329 e. The van der Waals surface area contributed by atoms with Crippen LogP contribution in [-0.4, -0.2) is 25.1 Å². The van der Waals surface area contributed by atoms with Crippen LogP contribution in [0.1, 0.15) is 0 Å². The number of aromatic amines is 1. The van der Waals surface area contributed by atoms with Gasteiger partial charge in [-0.25, -0.2) is 16.3 Å². The summed E-state index contributed by atoms with van der Waals surface area (Å²) in [5.41, 5.74) is 5.17. The Morgan fingerprint density at radius 1 is 1.46 bits per heavy atom. The zero-order chi connectivity index (χ0) is 9.26. The zero-order valence-corrected chi connectivity index (χ0v) is 6.44. The predicted octanol–water partition coefficient (Wildman–Crippen LogP) is -0.560. The highest BCUT2D eigenvalue weighted by molar-refractivity contribution is 5.83. The Morgan fingerprint density at radius 3 is 3.00 bits per heavy atom. The number of H-pyrrole nitrogens is 1. The van der Waals surface area contributed by atoms with Gasteiger partial charge in [0.2, 0.25) is 0 Å². The van der Waals surface area contributed by atoms with Crippen LogP contribution in [0, 0.1) is 0 Å². The van der Waals surface area contributed by atoms with Crippen molar-refractivity contribution in [1.82, 2.24) is 19.9 Å². The first-order valence-corrected chi connectivity index (χ1v) is 3.43. The van der Waals surface area contributed by atoms with Gasteiger partial charge >= 0.3 is 0 Å². The topological polar surface area (TPSA) is 125 Å². The molecule has 0 spiro atoms. The Labute approximate surface area is 72.1 Å². The molecule has 0 atom stereocenters. The van der Waals surface area contributed by atoms with Crippen molar-refractivity contribution >= 4 is 22.9 Å². The molecular formula is C5H7N7O. The molecule has 2 aromatic rings. The average Bonchev–Trinajstić information content (AvgIpc) is 2.63. The Morgan fingerprint density at radius 2 is 2.31 bits per heavy atom. The van der Waals surface area contributed by atoms with E-state index in [1.807, 2.05) is 5.48 Å². The third-order valence-electron chi connectivity index (χ3n) is 1.52. The number of hydrogen-bond donors (Lipinski definition) is 5. The van der Waals surface area contributed by atoms with E-state index in [-0.39, 0.29) is 5.95 Å². The average molecular weight is 181 g/mol. The van der Waals surface area contributed by atoms with Crippen LogP contribution in [0.3, 0.4) is 0 Å². The lowest BCUT2D eigenvalue weighted by Crippen LogP contribution is -2.11. The molecule has 0 bridgehead atoms. The first-order chi connectivity index (χ1) is 6.35. The number of nitrogen functional groups attached to an aromatic ring is 1. The summed E-state index contributed by atoms with van der Waals surface area (Å²) in [5.74, 6) is 5.58. The molecule has 8 heteroatoms. The summed E-state index contributed by atoms with van der Waals surface area (Å²) in [4.78, 5) is 14.4. The molecule has 0 amide bonds. The van der Waals surface area contributed by atoms with E-state index in [1.165, 1.54) is 6.33 Å². The molecule has 0 fully saturated rings. The molecule has 0 aromatic carbocycles. The Hall–Kier alpha value is -1.93. The lowest BCUT2D eigenvalue weighted by atomic mass is 10.5. The molecule has 0 saturated heterocycles. The first-order valence-electron chi connectivity index (χ1n) is 3.43. The third-order valence-corrected chi connectivity index (χ3v) is 1.52. The number of aromatic nitrogens is 4. The summed E-state index contributed by atoms with van der Waals surface area (Å²) >= 11 is 0. The van der Waals surface area contributed by atoms with Gasteiger partial charge in [0.05, 0.1) is 6.33 Å². The van der Waals surface area contributed by atoms with Crippen molar-refractivity contribution < 1.29 is 5.21 Å². The number of nitrogens with two attached hydrogens (primary N) is 1. The highest BCUT2D eigenvalue weighted by Crippen LogP contribution is 2.16. The van der Waals surface area contributed by atoms with Gasteiger partial charge in [0.1, 0.15) is 0 Å². The van der Waals surface area contributed by atoms with Gasteiger partial charge < -0.3 is 10.4 Å². The van der Waals surface area contributed by atoms with Crippen LogP contribution in [0.5, 0.6) is 0 Å². The van der Waals surface area contributed by atoms with E-state index in [2.05, 4.69) is 25.4 Å². The van der Waals surface area contributed by atoms with Crippen LogP contribution in [-0.2, 0) is 0 Å². The minimum absolute atomic E-state index is 0.0460. The van der Waals surface area contributed by atoms with Crippen molar-refractivity contribution in [2.75, 3.05) is 10.9 Å². The van der Waals surface area contributed by atoms with Crippen molar-refractivity contribution in [1.29, 1.82) is 0 Å². The fourth-order valence-electron chi connectivity index (χ4n) is 0.986. The number of hydrogen-bond acceptors (Lipinski definition) is 7. The minimum atomic E-state index is 0.0460. The number of anilines is 2. The molecule has 2 heterocycles. The molecule has 0 saturated carbocycles. The molecule has 8 nitrogen and oxygen atoms in total. The van der Waals surface area contributed by atoms with Gasteiger partial charge in [-0.05, 0) is 0 Å². The molecule has 68 valence electrons. The minimum Gasteiger partial charge on any atom is -0.329 e. The van der Waals surface area contributed by atoms with Crippen LogP contribution in [0.15, 0.2) is 6.33 Å². The standard InChI is InChI=1S/C5H7N7O/c6-11-4-2-3(8-1-7-2)9-5(10-4)12-13/h1,13H,6H2,(H3,7,8,9,10,11,12). The second-order valence-corrected chi connectivity index (χ2v) is 2.25. The normalized spacial score (nSPS) is 10.3. The summed E-state index contributed by atoms with van der Waals surface area (Å²) in [6, 6.07) is 0. The van der Waals surface area contributed by atoms with Crippen molar-refractivity contribution in [3.05, 3.63) is 6.33 Å². The van der Waals surface area contributed by atoms with E-state index in [0.717, 1.165) is 0 Å². The fourth-order valence-corrected chi connectivity index (χ4v) is 0.986. The number of fused-ring (bicyclic) bond motifs is 1. The molecule has 0 aliphatic carbocycles. The maximum atomic E-state index is 8.58. The van der Waals surface area contributed by atoms with Crippen LogP contribution in [0.4, 0.5) is 11.8 Å². The molecule has 0 aliphatic rings. The van der Waals surface area contributed by atoms with Gasteiger partial charge in [-0.1, -0.05) is 0 Å². The summed E-state index contributed by atoms with van der Waals surface area (Å²) in [6.07, 6.45) is 1.46. The second-order valence-electron chi connectivity index (χ2n) is 2.25. The molecule has 6 N–H and O–H groups in total. The van der Waals surface area contributed by atoms with E-state index in [1.54, 1.807) is 0 Å². The lowest BCUT2D eigenvalue weighted by molar-refractivity contribution is 0.383. The Bertz CT molecular complexity index is 424. The smallest absolute Gasteiger partial charge is 0.251 e. The van der Waals surface area contributed by atoms with Crippen molar-refractivity contribution in [3.8, 4) is 0 Å². The van der Waals surface area contributed by atoms with Crippen LogP contribution >= 0.6 is 0 Å². The monoisotopic (exact) mass is 181 g/mol. The summed E-state index contributed by atoms with van der Waals surface area (Å²) in [5, 5.41) is 8.58. The first kappa shape index (κ1) is 7.71. The van der Waals surface area contributed by atoms with Crippen LogP contribution in [0.25, 0.3) is 11.2 Å². The summed E-state index contributed by atoms with van der Waals surface area (Å²) in [7, 11) is 0. The van der Waals surface area contributed by atoms with Gasteiger partial charge in [0.15, 0.2) is 17.0 Å². The maximum Gasteiger partial charge on any atom is 0.251 e. The van der Waals surface area contributed by atoms with Gasteiger partial charge in [-0.2, -0.15) is 9.97 Å². The second kappa shape index (κ2) is 2.84. The SMILES string of the molecule is NNc1nc(NO)nc2[nH]cnc12. The van der Waals surface area contributed by atoms with E-state index >= 15 is 0 Å². The molecule has 0 aliphatic heterocycles. The van der Waals surface area contributed by atoms with E-state index in [4.69, 9.17) is 11.0 Å². The van der Waals surface area contributed by atoms with Gasteiger partial charge in [0.25, 0.3) is 5.95 Å². The van der Waals surface area contributed by atoms with Crippen LogP contribution in [0.2, 0.25) is 0 Å². The van der Waals surface area contributed by atoms with Crippen molar-refractivity contribution in [2.45, 2.75) is 0 Å². The number of nitrogens with zero attached hydrogens (tertiary/aromatic N) is 3. The zero-order valence-electron chi connectivity index (χ0n) is 6.44. The van der Waals surface area contributed by atoms with E-state index < -0.39 is 0 Å². The molecular weight excluding hydrogens is 174 g/mol. The summed E-state index contributed by atoms with van der Waals surface area (Å²) in [6.45, 7) is 0. The van der Waals surface area contributed by atoms with Gasteiger partial charge in [0, 0.05) is 0 Å². The number of rotatable bonds is 2.